The first kappa shape index (κ1) is 31.3. The minimum atomic E-state index is -0.317. The van der Waals surface area contributed by atoms with Crippen LogP contribution in [-0.4, -0.2) is 34.7 Å². The topological polar surface area (TPSA) is 122 Å². The number of rotatable bonds is 7. The average Bonchev–Trinajstić information content (AvgIpc) is 3.30. The van der Waals surface area contributed by atoms with Crippen LogP contribution in [0.4, 0.5) is 20.4 Å². The van der Waals surface area contributed by atoms with Crippen molar-refractivity contribution in [3.63, 3.8) is 0 Å². The molecule has 228 valence electrons. The van der Waals surface area contributed by atoms with Crippen LogP contribution in [0.25, 0.3) is 11.0 Å². The molecule has 2 aliphatic carbocycles. The van der Waals surface area contributed by atoms with Gasteiger partial charge in [0.1, 0.15) is 11.6 Å². The molecule has 2 fully saturated rings. The van der Waals surface area contributed by atoms with Gasteiger partial charge in [0.25, 0.3) is 0 Å². The number of hydrogen-bond donors (Lipinski definition) is 2. The number of fused-ring (bicyclic) bond motifs is 1. The second kappa shape index (κ2) is 14.5. The minimum absolute atomic E-state index is 0.0235. The zero-order valence-corrected chi connectivity index (χ0v) is 24.5. The Morgan fingerprint density at radius 2 is 1.38 bits per heavy atom. The van der Waals surface area contributed by atoms with Crippen LogP contribution in [0, 0.1) is 29.4 Å². The summed E-state index contributed by atoms with van der Waals surface area (Å²) in [6.45, 7) is 4.52. The molecular formula is C32H42F2N4O4. The average molecular weight is 585 g/mol. The number of carbonyl (C=O) groups is 2. The molecule has 0 radical (unpaired) electrons. The third-order valence-electron chi connectivity index (χ3n) is 8.44. The second-order valence-electron chi connectivity index (χ2n) is 11.2. The van der Waals surface area contributed by atoms with Crippen LogP contribution in [0.15, 0.2) is 36.4 Å². The Balaban J connectivity index is 0.000000194. The van der Waals surface area contributed by atoms with Crippen molar-refractivity contribution in [2.24, 2.45) is 17.8 Å². The Morgan fingerprint density at radius 3 is 1.95 bits per heavy atom. The molecule has 1 aromatic heterocycles. The molecule has 0 atom stereocenters. The number of nitrogen functional groups attached to an aromatic ring is 2. The van der Waals surface area contributed by atoms with Gasteiger partial charge < -0.3 is 25.5 Å². The lowest BCUT2D eigenvalue weighted by Crippen LogP contribution is -2.25. The minimum Gasteiger partial charge on any atom is -0.466 e. The van der Waals surface area contributed by atoms with E-state index < -0.39 is 0 Å². The summed E-state index contributed by atoms with van der Waals surface area (Å²) in [5.41, 5.74) is 14.8. The number of imidazole rings is 1. The number of nitrogens with zero attached hydrogens (tertiary/aromatic N) is 2. The van der Waals surface area contributed by atoms with Gasteiger partial charge in [-0.1, -0.05) is 6.07 Å². The number of ether oxygens (including phenoxy) is 2. The summed E-state index contributed by atoms with van der Waals surface area (Å²) in [5, 5.41) is 0. The third-order valence-corrected chi connectivity index (χ3v) is 8.44. The fourth-order valence-electron chi connectivity index (χ4n) is 6.23. The normalized spacial score (nSPS) is 22.2. The lowest BCUT2D eigenvalue weighted by Gasteiger charge is -2.29. The van der Waals surface area contributed by atoms with Gasteiger partial charge in [0, 0.05) is 17.8 Å². The summed E-state index contributed by atoms with van der Waals surface area (Å²) in [7, 11) is 0. The summed E-state index contributed by atoms with van der Waals surface area (Å²) in [6.07, 6.45) is 7.87. The van der Waals surface area contributed by atoms with Crippen molar-refractivity contribution in [1.29, 1.82) is 0 Å². The summed E-state index contributed by atoms with van der Waals surface area (Å²) in [5.74, 6) is 0.175. The van der Waals surface area contributed by atoms with Crippen LogP contribution >= 0.6 is 0 Å². The van der Waals surface area contributed by atoms with Crippen LogP contribution in [0.1, 0.15) is 76.8 Å². The number of halogens is 2. The molecule has 2 saturated carbocycles. The van der Waals surface area contributed by atoms with Crippen molar-refractivity contribution in [1.82, 2.24) is 9.55 Å². The molecule has 4 N–H and O–H groups in total. The van der Waals surface area contributed by atoms with E-state index in [4.69, 9.17) is 20.9 Å². The van der Waals surface area contributed by atoms with Crippen LogP contribution in [0.2, 0.25) is 0 Å². The van der Waals surface area contributed by atoms with Gasteiger partial charge in [-0.25, -0.2) is 13.8 Å². The number of carbonyl (C=O) groups excluding carboxylic acids is 2. The lowest BCUT2D eigenvalue weighted by atomic mass is 9.79. The Labute approximate surface area is 245 Å². The van der Waals surface area contributed by atoms with E-state index in [-0.39, 0.29) is 41.5 Å². The van der Waals surface area contributed by atoms with Crippen LogP contribution in [-0.2, 0) is 25.5 Å². The highest BCUT2D eigenvalue weighted by atomic mass is 19.1. The number of hydrogen-bond acceptors (Lipinski definition) is 7. The van der Waals surface area contributed by atoms with Gasteiger partial charge in [-0.15, -0.1) is 0 Å². The Kier molecular flexibility index (Phi) is 10.8. The zero-order valence-electron chi connectivity index (χ0n) is 24.5. The SMILES string of the molecule is CCOC(=O)C1CCC(Cc2ccc(F)cc2N)CC1.CCOC(=O)C1CCC(n2c(N)nc3cc(F)ccc32)CC1. The maximum atomic E-state index is 13.3. The summed E-state index contributed by atoms with van der Waals surface area (Å²) >= 11 is 0. The summed E-state index contributed by atoms with van der Waals surface area (Å²) < 4.78 is 38.4. The van der Waals surface area contributed by atoms with Crippen molar-refractivity contribution < 1.29 is 27.8 Å². The molecule has 0 saturated heterocycles. The monoisotopic (exact) mass is 584 g/mol. The largest absolute Gasteiger partial charge is 0.466 e. The standard InChI is InChI=1S/C16H20FN3O2.C16H22FNO2/c1-2-22-15(21)10-3-6-12(7-4-10)20-14-8-5-11(17)9-13(14)19-16(20)18;1-2-20-16(19)12-5-3-11(4-6-12)9-13-7-8-14(17)10-15(13)18/h5,8-10,12H,2-4,6-7H2,1H3,(H2,18,19);7-8,10-12H,2-6,9,18H2,1H3. The Bertz CT molecular complexity index is 1360. The van der Waals surface area contributed by atoms with E-state index in [0.29, 0.717) is 36.3 Å². The molecule has 0 bridgehead atoms. The molecule has 1 heterocycles. The van der Waals surface area contributed by atoms with Crippen molar-refractivity contribution in [2.75, 3.05) is 24.7 Å². The van der Waals surface area contributed by atoms with Crippen molar-refractivity contribution in [2.45, 2.75) is 77.7 Å². The molecule has 8 nitrogen and oxygen atoms in total. The highest BCUT2D eigenvalue weighted by Crippen LogP contribution is 2.37. The van der Waals surface area contributed by atoms with E-state index >= 15 is 0 Å². The van der Waals surface area contributed by atoms with Crippen molar-refractivity contribution in [3.8, 4) is 0 Å². The van der Waals surface area contributed by atoms with Gasteiger partial charge in [0.15, 0.2) is 0 Å². The van der Waals surface area contributed by atoms with E-state index in [2.05, 4.69) is 4.98 Å². The first-order chi connectivity index (χ1) is 20.2. The van der Waals surface area contributed by atoms with Crippen LogP contribution in [0.3, 0.4) is 0 Å². The zero-order chi connectivity index (χ0) is 30.2. The summed E-state index contributed by atoms with van der Waals surface area (Å²) in [6, 6.07) is 9.32. The fraction of sp³-hybridized carbons (Fsp3) is 0.531. The van der Waals surface area contributed by atoms with E-state index in [1.165, 1.54) is 24.3 Å². The second-order valence-corrected chi connectivity index (χ2v) is 11.2. The fourth-order valence-corrected chi connectivity index (χ4v) is 6.23. The highest BCUT2D eigenvalue weighted by molar-refractivity contribution is 5.78. The number of nitrogens with two attached hydrogens (primary N) is 2. The van der Waals surface area contributed by atoms with Crippen molar-refractivity contribution in [3.05, 3.63) is 53.6 Å². The third kappa shape index (κ3) is 7.77. The maximum Gasteiger partial charge on any atom is 0.308 e. The molecule has 3 aromatic rings. The summed E-state index contributed by atoms with van der Waals surface area (Å²) in [4.78, 5) is 27.7. The predicted molar refractivity (Wildman–Crippen MR) is 158 cm³/mol. The van der Waals surface area contributed by atoms with Crippen molar-refractivity contribution >= 4 is 34.6 Å². The van der Waals surface area contributed by atoms with Crippen LogP contribution in [0.5, 0.6) is 0 Å². The predicted octanol–water partition coefficient (Wildman–Crippen LogP) is 6.37. The molecule has 2 aliphatic rings. The molecule has 0 unspecified atom stereocenters. The molecule has 0 aliphatic heterocycles. The number of aromatic nitrogens is 2. The molecule has 5 rings (SSSR count). The van der Waals surface area contributed by atoms with E-state index in [9.17, 15) is 18.4 Å². The molecule has 10 heteroatoms. The Hall–Kier alpha value is -3.69. The Morgan fingerprint density at radius 1 is 0.833 bits per heavy atom. The van der Waals surface area contributed by atoms with E-state index in [0.717, 1.165) is 68.9 Å². The first-order valence-electron chi connectivity index (χ1n) is 15.0. The van der Waals surface area contributed by atoms with Crippen LogP contribution < -0.4 is 11.5 Å². The van der Waals surface area contributed by atoms with E-state index in [1.807, 2.05) is 18.4 Å². The molecule has 2 aromatic carbocycles. The van der Waals surface area contributed by atoms with Gasteiger partial charge in [-0.2, -0.15) is 0 Å². The molecule has 0 amide bonds. The number of anilines is 2. The molecule has 0 spiro atoms. The van der Waals surface area contributed by atoms with Gasteiger partial charge >= 0.3 is 11.9 Å². The highest BCUT2D eigenvalue weighted by Gasteiger charge is 2.30. The van der Waals surface area contributed by atoms with Gasteiger partial charge in [0.05, 0.1) is 36.1 Å². The number of esters is 2. The lowest BCUT2D eigenvalue weighted by molar-refractivity contribution is -0.150. The van der Waals surface area contributed by atoms with Gasteiger partial charge in [0.2, 0.25) is 5.95 Å². The van der Waals surface area contributed by atoms with Gasteiger partial charge in [-0.05, 0) is 107 Å². The smallest absolute Gasteiger partial charge is 0.308 e. The van der Waals surface area contributed by atoms with Gasteiger partial charge in [-0.3, -0.25) is 9.59 Å². The maximum absolute atomic E-state index is 13.3. The number of benzene rings is 2. The molecular weight excluding hydrogens is 542 g/mol. The first-order valence-corrected chi connectivity index (χ1v) is 15.0. The molecule has 42 heavy (non-hydrogen) atoms. The van der Waals surface area contributed by atoms with E-state index in [1.54, 1.807) is 12.1 Å². The quantitative estimate of drug-likeness (QED) is 0.244.